The minimum atomic E-state index is -2.31. The fraction of sp³-hybridized carbons (Fsp3) is 0.385. The highest BCUT2D eigenvalue weighted by molar-refractivity contribution is 5.37. The Morgan fingerprint density at radius 3 is 2.82 bits per heavy atom. The van der Waals surface area contributed by atoms with Crippen molar-refractivity contribution < 1.29 is 8.78 Å². The molecule has 2 nitrogen and oxygen atoms in total. The second-order valence-electron chi connectivity index (χ2n) is 3.79. The number of rotatable bonds is 4. The SMILES string of the molecule is CN(Cc1cccc(C#CCN)c1)CC(F)F. The Kier molecular flexibility index (Phi) is 5.61. The Balaban J connectivity index is 2.65. The van der Waals surface area contributed by atoms with E-state index >= 15 is 0 Å². The fourth-order valence-corrected chi connectivity index (χ4v) is 1.51. The van der Waals surface area contributed by atoms with E-state index in [1.54, 1.807) is 11.9 Å². The second kappa shape index (κ2) is 7.00. The summed E-state index contributed by atoms with van der Waals surface area (Å²) in [6, 6.07) is 7.53. The number of halogens is 2. The average molecular weight is 238 g/mol. The van der Waals surface area contributed by atoms with Crippen LogP contribution < -0.4 is 5.73 Å². The summed E-state index contributed by atoms with van der Waals surface area (Å²) in [6.07, 6.45) is -2.31. The van der Waals surface area contributed by atoms with Gasteiger partial charge < -0.3 is 5.73 Å². The highest BCUT2D eigenvalue weighted by Crippen LogP contribution is 2.08. The molecule has 0 atom stereocenters. The minimum Gasteiger partial charge on any atom is -0.320 e. The highest BCUT2D eigenvalue weighted by Gasteiger charge is 2.07. The van der Waals surface area contributed by atoms with Crippen molar-refractivity contribution in [3.05, 3.63) is 35.4 Å². The number of benzene rings is 1. The maximum absolute atomic E-state index is 12.2. The zero-order chi connectivity index (χ0) is 12.7. The van der Waals surface area contributed by atoms with Crippen molar-refractivity contribution in [3.8, 4) is 11.8 Å². The Hall–Kier alpha value is -1.44. The van der Waals surface area contributed by atoms with E-state index in [9.17, 15) is 8.78 Å². The molecule has 92 valence electrons. The molecule has 4 heteroatoms. The molecule has 1 rings (SSSR count). The maximum atomic E-state index is 12.2. The molecule has 0 bridgehead atoms. The first-order valence-electron chi connectivity index (χ1n) is 5.36. The third-order valence-corrected chi connectivity index (χ3v) is 2.16. The Labute approximate surface area is 100 Å². The lowest BCUT2D eigenvalue weighted by Gasteiger charge is -2.15. The summed E-state index contributed by atoms with van der Waals surface area (Å²) < 4.78 is 24.3. The first kappa shape index (κ1) is 13.6. The summed E-state index contributed by atoms with van der Waals surface area (Å²) in [5.74, 6) is 5.68. The second-order valence-corrected chi connectivity index (χ2v) is 3.79. The quantitative estimate of drug-likeness (QED) is 0.809. The molecule has 2 N–H and O–H groups in total. The topological polar surface area (TPSA) is 29.3 Å². The van der Waals surface area contributed by atoms with Crippen molar-refractivity contribution in [2.45, 2.75) is 13.0 Å². The molecule has 1 aromatic carbocycles. The van der Waals surface area contributed by atoms with Crippen LogP contribution in [-0.2, 0) is 6.54 Å². The van der Waals surface area contributed by atoms with Gasteiger partial charge in [0.2, 0.25) is 0 Å². The summed E-state index contributed by atoms with van der Waals surface area (Å²) >= 11 is 0. The molecule has 0 unspecified atom stereocenters. The van der Waals surface area contributed by atoms with Crippen LogP contribution in [0.2, 0.25) is 0 Å². The molecule has 0 amide bonds. The van der Waals surface area contributed by atoms with E-state index in [4.69, 9.17) is 5.73 Å². The van der Waals surface area contributed by atoms with Gasteiger partial charge in [-0.2, -0.15) is 0 Å². The van der Waals surface area contributed by atoms with Gasteiger partial charge in [0.05, 0.1) is 13.1 Å². The van der Waals surface area contributed by atoms with Crippen LogP contribution in [0.1, 0.15) is 11.1 Å². The van der Waals surface area contributed by atoms with Crippen LogP contribution in [0.4, 0.5) is 8.78 Å². The van der Waals surface area contributed by atoms with Crippen LogP contribution in [-0.4, -0.2) is 31.5 Å². The smallest absolute Gasteiger partial charge is 0.251 e. The van der Waals surface area contributed by atoms with E-state index in [-0.39, 0.29) is 6.54 Å². The Morgan fingerprint density at radius 1 is 1.41 bits per heavy atom. The predicted octanol–water partition coefficient (Wildman–Crippen LogP) is 1.69. The normalized spacial score (nSPS) is 10.5. The number of hydrogen-bond donors (Lipinski definition) is 1. The Bertz CT molecular complexity index is 407. The third kappa shape index (κ3) is 5.43. The van der Waals surface area contributed by atoms with Gasteiger partial charge in [0.1, 0.15) is 0 Å². The number of hydrogen-bond acceptors (Lipinski definition) is 2. The van der Waals surface area contributed by atoms with Gasteiger partial charge in [-0.05, 0) is 24.7 Å². The molecule has 17 heavy (non-hydrogen) atoms. The first-order valence-corrected chi connectivity index (χ1v) is 5.36. The van der Waals surface area contributed by atoms with Crippen LogP contribution >= 0.6 is 0 Å². The van der Waals surface area contributed by atoms with Gasteiger partial charge in [0.15, 0.2) is 0 Å². The molecule has 0 fully saturated rings. The summed E-state index contributed by atoms with van der Waals surface area (Å²) in [5.41, 5.74) is 7.11. The van der Waals surface area contributed by atoms with Crippen LogP contribution in [0.3, 0.4) is 0 Å². The van der Waals surface area contributed by atoms with Crippen molar-refractivity contribution in [1.29, 1.82) is 0 Å². The van der Waals surface area contributed by atoms with E-state index in [2.05, 4.69) is 11.8 Å². The van der Waals surface area contributed by atoms with Crippen LogP contribution in [0.5, 0.6) is 0 Å². The van der Waals surface area contributed by atoms with E-state index < -0.39 is 6.43 Å². The molecule has 0 saturated carbocycles. The van der Waals surface area contributed by atoms with Crippen LogP contribution in [0.15, 0.2) is 24.3 Å². The molecular weight excluding hydrogens is 222 g/mol. The van der Waals surface area contributed by atoms with Gasteiger partial charge in [-0.15, -0.1) is 0 Å². The molecule has 0 aliphatic heterocycles. The van der Waals surface area contributed by atoms with E-state index in [1.807, 2.05) is 24.3 Å². The van der Waals surface area contributed by atoms with Gasteiger partial charge >= 0.3 is 0 Å². The van der Waals surface area contributed by atoms with Crippen molar-refractivity contribution in [2.75, 3.05) is 20.1 Å². The van der Waals surface area contributed by atoms with E-state index in [1.165, 1.54) is 0 Å². The Morgan fingerprint density at radius 2 is 2.18 bits per heavy atom. The van der Waals surface area contributed by atoms with Crippen molar-refractivity contribution in [1.82, 2.24) is 4.90 Å². The van der Waals surface area contributed by atoms with Gasteiger partial charge in [-0.3, -0.25) is 4.90 Å². The summed E-state index contributed by atoms with van der Waals surface area (Å²) in [4.78, 5) is 1.58. The third-order valence-electron chi connectivity index (χ3n) is 2.16. The van der Waals surface area contributed by atoms with Gasteiger partial charge in [0.25, 0.3) is 6.43 Å². The van der Waals surface area contributed by atoms with Gasteiger partial charge in [0, 0.05) is 12.1 Å². The first-order chi connectivity index (χ1) is 8.11. The minimum absolute atomic E-state index is 0.224. The molecule has 0 aliphatic rings. The lowest BCUT2D eigenvalue weighted by Crippen LogP contribution is -2.24. The maximum Gasteiger partial charge on any atom is 0.251 e. The van der Waals surface area contributed by atoms with Crippen molar-refractivity contribution >= 4 is 0 Å². The molecule has 0 aliphatic carbocycles. The number of nitrogens with two attached hydrogens (primary N) is 1. The molecular formula is C13H16F2N2. The summed E-state index contributed by atoms with van der Waals surface area (Å²) in [7, 11) is 1.67. The summed E-state index contributed by atoms with van der Waals surface area (Å²) in [5, 5.41) is 0. The van der Waals surface area contributed by atoms with E-state index in [0.717, 1.165) is 11.1 Å². The lowest BCUT2D eigenvalue weighted by atomic mass is 10.1. The molecule has 0 saturated heterocycles. The zero-order valence-electron chi connectivity index (χ0n) is 9.79. The van der Waals surface area contributed by atoms with Gasteiger partial charge in [-0.1, -0.05) is 24.0 Å². The van der Waals surface area contributed by atoms with Crippen LogP contribution in [0, 0.1) is 11.8 Å². The zero-order valence-corrected chi connectivity index (χ0v) is 9.79. The highest BCUT2D eigenvalue weighted by atomic mass is 19.3. The molecule has 0 spiro atoms. The molecule has 0 radical (unpaired) electrons. The number of alkyl halides is 2. The number of nitrogens with zero attached hydrogens (tertiary/aromatic N) is 1. The van der Waals surface area contributed by atoms with Gasteiger partial charge in [-0.25, -0.2) is 8.78 Å². The average Bonchev–Trinajstić information content (AvgIpc) is 2.25. The van der Waals surface area contributed by atoms with Crippen molar-refractivity contribution in [2.24, 2.45) is 5.73 Å². The standard InChI is InChI=1S/C13H16F2N2/c1-17(10-13(14)15)9-12-5-2-4-11(8-12)6-3-7-16/h2,4-5,8,13H,7,9-10,16H2,1H3. The summed E-state index contributed by atoms with van der Waals surface area (Å²) in [6.45, 7) is 0.580. The fourth-order valence-electron chi connectivity index (χ4n) is 1.51. The van der Waals surface area contributed by atoms with E-state index in [0.29, 0.717) is 13.1 Å². The largest absolute Gasteiger partial charge is 0.320 e. The molecule has 0 aromatic heterocycles. The van der Waals surface area contributed by atoms with Crippen LogP contribution in [0.25, 0.3) is 0 Å². The van der Waals surface area contributed by atoms with Crippen molar-refractivity contribution in [3.63, 3.8) is 0 Å². The molecule has 1 aromatic rings. The molecule has 0 heterocycles. The predicted molar refractivity (Wildman–Crippen MR) is 64.7 cm³/mol. The monoisotopic (exact) mass is 238 g/mol. The lowest BCUT2D eigenvalue weighted by molar-refractivity contribution is 0.0975.